The highest BCUT2D eigenvalue weighted by Crippen LogP contribution is 2.14. The van der Waals surface area contributed by atoms with Gasteiger partial charge in [0.25, 0.3) is 5.91 Å². The zero-order valence-corrected chi connectivity index (χ0v) is 10.9. The fourth-order valence-corrected chi connectivity index (χ4v) is 1.78. The molecule has 8 heteroatoms. The Morgan fingerprint density at radius 3 is 2.38 bits per heavy atom. The molecule has 21 heavy (non-hydrogen) atoms. The number of rotatable bonds is 4. The minimum absolute atomic E-state index is 0.246. The number of aryl methyl sites for hydroxylation is 1. The number of nitrogens with one attached hydrogen (secondary N) is 1. The Kier molecular flexibility index (Phi) is 3.97. The highest BCUT2D eigenvalue weighted by molar-refractivity contribution is 5.96. The van der Waals surface area contributed by atoms with Gasteiger partial charge in [-0.25, -0.2) is 13.6 Å². The van der Waals surface area contributed by atoms with Gasteiger partial charge < -0.3 is 10.4 Å². The van der Waals surface area contributed by atoms with Crippen molar-refractivity contribution in [1.29, 1.82) is 0 Å². The molecule has 1 amide bonds. The van der Waals surface area contributed by atoms with Gasteiger partial charge >= 0.3 is 5.97 Å². The zero-order chi connectivity index (χ0) is 15.6. The van der Waals surface area contributed by atoms with Crippen LogP contribution in [0.15, 0.2) is 30.6 Å². The van der Waals surface area contributed by atoms with Gasteiger partial charge in [-0.3, -0.25) is 9.48 Å². The molecule has 0 bridgehead atoms. The molecular formula is C13H11F2N3O3. The third-order valence-corrected chi connectivity index (χ3v) is 2.71. The van der Waals surface area contributed by atoms with E-state index in [2.05, 4.69) is 10.4 Å². The molecule has 2 rings (SSSR count). The SMILES string of the molecule is Cn1cc(C(NC(=O)c2cc(F)cc(F)c2)C(=O)O)cn1. The van der Waals surface area contributed by atoms with Crippen molar-refractivity contribution >= 4 is 11.9 Å². The molecule has 0 saturated heterocycles. The van der Waals surface area contributed by atoms with Crippen molar-refractivity contribution in [2.75, 3.05) is 0 Å². The molecule has 0 fully saturated rings. The number of aliphatic carboxylic acids is 1. The van der Waals surface area contributed by atoms with E-state index in [4.69, 9.17) is 5.11 Å². The van der Waals surface area contributed by atoms with Crippen LogP contribution in [-0.4, -0.2) is 26.8 Å². The van der Waals surface area contributed by atoms with Gasteiger partial charge in [0.1, 0.15) is 11.6 Å². The maximum atomic E-state index is 13.1. The van der Waals surface area contributed by atoms with E-state index in [1.807, 2.05) is 0 Å². The normalized spacial score (nSPS) is 12.0. The van der Waals surface area contributed by atoms with Gasteiger partial charge in [0, 0.05) is 30.4 Å². The average molecular weight is 295 g/mol. The Balaban J connectivity index is 2.24. The highest BCUT2D eigenvalue weighted by Gasteiger charge is 2.24. The Morgan fingerprint density at radius 1 is 1.29 bits per heavy atom. The number of carboxylic acid groups (broad SMARTS) is 1. The summed E-state index contributed by atoms with van der Waals surface area (Å²) in [7, 11) is 1.59. The monoisotopic (exact) mass is 295 g/mol. The van der Waals surface area contributed by atoms with E-state index in [1.54, 1.807) is 7.05 Å². The molecule has 1 aromatic heterocycles. The second-order valence-electron chi connectivity index (χ2n) is 4.35. The number of halogens is 2. The van der Waals surface area contributed by atoms with Crippen LogP contribution in [0.2, 0.25) is 0 Å². The fourth-order valence-electron chi connectivity index (χ4n) is 1.78. The summed E-state index contributed by atoms with van der Waals surface area (Å²) in [4.78, 5) is 23.1. The van der Waals surface area contributed by atoms with Crippen molar-refractivity contribution in [2.45, 2.75) is 6.04 Å². The Hall–Kier alpha value is -2.77. The molecule has 2 aromatic rings. The number of hydrogen-bond donors (Lipinski definition) is 2. The lowest BCUT2D eigenvalue weighted by Crippen LogP contribution is -2.33. The van der Waals surface area contributed by atoms with E-state index in [-0.39, 0.29) is 11.1 Å². The van der Waals surface area contributed by atoms with Gasteiger partial charge in [0.2, 0.25) is 0 Å². The van der Waals surface area contributed by atoms with Crippen LogP contribution in [-0.2, 0) is 11.8 Å². The minimum Gasteiger partial charge on any atom is -0.479 e. The smallest absolute Gasteiger partial charge is 0.331 e. The number of aromatic nitrogens is 2. The lowest BCUT2D eigenvalue weighted by Gasteiger charge is -2.13. The summed E-state index contributed by atoms with van der Waals surface area (Å²) in [5, 5.41) is 15.1. The summed E-state index contributed by atoms with van der Waals surface area (Å²) < 4.78 is 27.5. The summed E-state index contributed by atoms with van der Waals surface area (Å²) in [6.07, 6.45) is 2.70. The summed E-state index contributed by atoms with van der Waals surface area (Å²) >= 11 is 0. The molecule has 2 N–H and O–H groups in total. The van der Waals surface area contributed by atoms with E-state index in [0.29, 0.717) is 6.07 Å². The molecule has 1 aromatic carbocycles. The fraction of sp³-hybridized carbons (Fsp3) is 0.154. The Bertz CT molecular complexity index is 679. The van der Waals surface area contributed by atoms with E-state index in [1.165, 1.54) is 17.1 Å². The number of carbonyl (C=O) groups is 2. The molecule has 0 aliphatic heterocycles. The number of carboxylic acids is 1. The topological polar surface area (TPSA) is 84.2 Å². The first-order chi connectivity index (χ1) is 9.86. The van der Waals surface area contributed by atoms with Gasteiger partial charge in [-0.05, 0) is 12.1 Å². The Morgan fingerprint density at radius 2 is 1.90 bits per heavy atom. The molecule has 6 nitrogen and oxygen atoms in total. The van der Waals surface area contributed by atoms with Crippen LogP contribution in [0.25, 0.3) is 0 Å². The van der Waals surface area contributed by atoms with Crippen LogP contribution in [0.1, 0.15) is 22.0 Å². The first kappa shape index (κ1) is 14.6. The quantitative estimate of drug-likeness (QED) is 0.889. The molecule has 0 aliphatic carbocycles. The van der Waals surface area contributed by atoms with Gasteiger partial charge in [0.15, 0.2) is 6.04 Å². The lowest BCUT2D eigenvalue weighted by atomic mass is 10.1. The first-order valence-corrected chi connectivity index (χ1v) is 5.85. The summed E-state index contributed by atoms with van der Waals surface area (Å²) in [6.45, 7) is 0. The maximum Gasteiger partial charge on any atom is 0.331 e. The predicted octanol–water partition coefficient (Wildman–Crippen LogP) is 1.25. The van der Waals surface area contributed by atoms with Crippen molar-refractivity contribution in [3.63, 3.8) is 0 Å². The largest absolute Gasteiger partial charge is 0.479 e. The standard InChI is InChI=1S/C13H11F2N3O3/c1-18-6-8(5-16-18)11(13(20)21)17-12(19)7-2-9(14)4-10(15)3-7/h2-6,11H,1H3,(H,17,19)(H,20,21). The third-order valence-electron chi connectivity index (χ3n) is 2.71. The van der Waals surface area contributed by atoms with Crippen molar-refractivity contribution in [2.24, 2.45) is 7.05 Å². The van der Waals surface area contributed by atoms with Crippen molar-refractivity contribution in [1.82, 2.24) is 15.1 Å². The number of carbonyl (C=O) groups excluding carboxylic acids is 1. The predicted molar refractivity (Wildman–Crippen MR) is 67.4 cm³/mol. The second-order valence-corrected chi connectivity index (χ2v) is 4.35. The van der Waals surface area contributed by atoms with E-state index < -0.39 is 29.6 Å². The summed E-state index contributed by atoms with van der Waals surface area (Å²) in [5.41, 5.74) is -0.0575. The molecule has 0 aliphatic rings. The summed E-state index contributed by atoms with van der Waals surface area (Å²) in [6, 6.07) is 0.894. The Labute approximate surface area is 118 Å². The van der Waals surface area contributed by atoms with Crippen LogP contribution in [0.3, 0.4) is 0 Å². The van der Waals surface area contributed by atoms with Crippen LogP contribution in [0.5, 0.6) is 0 Å². The zero-order valence-electron chi connectivity index (χ0n) is 10.9. The van der Waals surface area contributed by atoms with Gasteiger partial charge in [-0.15, -0.1) is 0 Å². The molecule has 0 spiro atoms. The number of benzene rings is 1. The summed E-state index contributed by atoms with van der Waals surface area (Å²) in [5.74, 6) is -4.06. The molecular weight excluding hydrogens is 284 g/mol. The molecule has 1 heterocycles. The number of amides is 1. The van der Waals surface area contributed by atoms with Crippen molar-refractivity contribution < 1.29 is 23.5 Å². The maximum absolute atomic E-state index is 13.1. The van der Waals surface area contributed by atoms with E-state index in [9.17, 15) is 18.4 Å². The van der Waals surface area contributed by atoms with Gasteiger partial charge in [-0.1, -0.05) is 0 Å². The lowest BCUT2D eigenvalue weighted by molar-refractivity contribution is -0.139. The molecule has 1 unspecified atom stereocenters. The van der Waals surface area contributed by atoms with Crippen molar-refractivity contribution in [3.8, 4) is 0 Å². The highest BCUT2D eigenvalue weighted by atomic mass is 19.1. The van der Waals surface area contributed by atoms with Crippen LogP contribution in [0.4, 0.5) is 8.78 Å². The minimum atomic E-state index is -1.36. The van der Waals surface area contributed by atoms with E-state index in [0.717, 1.165) is 12.1 Å². The molecule has 0 saturated carbocycles. The van der Waals surface area contributed by atoms with Crippen LogP contribution >= 0.6 is 0 Å². The number of hydrogen-bond acceptors (Lipinski definition) is 3. The number of nitrogens with zero attached hydrogens (tertiary/aromatic N) is 2. The van der Waals surface area contributed by atoms with Gasteiger partial charge in [-0.2, -0.15) is 5.10 Å². The third kappa shape index (κ3) is 3.41. The van der Waals surface area contributed by atoms with Crippen LogP contribution < -0.4 is 5.32 Å². The first-order valence-electron chi connectivity index (χ1n) is 5.85. The average Bonchev–Trinajstić information content (AvgIpc) is 2.80. The van der Waals surface area contributed by atoms with Crippen molar-refractivity contribution in [3.05, 3.63) is 53.4 Å². The van der Waals surface area contributed by atoms with Crippen LogP contribution in [0, 0.1) is 11.6 Å². The molecule has 110 valence electrons. The second kappa shape index (κ2) is 5.70. The van der Waals surface area contributed by atoms with Gasteiger partial charge in [0.05, 0.1) is 6.20 Å². The molecule has 0 radical (unpaired) electrons. The molecule has 1 atom stereocenters. The van der Waals surface area contributed by atoms with E-state index >= 15 is 0 Å².